The summed E-state index contributed by atoms with van der Waals surface area (Å²) in [4.78, 5) is 60.1. The van der Waals surface area contributed by atoms with E-state index in [0.29, 0.717) is 43.7 Å². The predicted molar refractivity (Wildman–Crippen MR) is 233 cm³/mol. The molecule has 0 aromatic heterocycles. The summed E-state index contributed by atoms with van der Waals surface area (Å²) < 4.78 is 5.43. The number of carbonyl (C=O) groups excluding carboxylic acids is 3. The van der Waals surface area contributed by atoms with Crippen LogP contribution in [-0.4, -0.2) is 126 Å². The lowest BCUT2D eigenvalue weighted by Crippen LogP contribution is -2.48. The first-order valence-electron chi connectivity index (χ1n) is 20.9. The SMILES string of the molecule is CC(C)N(CCCN(C)C(=O)OC(C)(C)C)C(=O)c1ccc(NCCCCCC(=O)N(C)CCN2CCC(N(C(=O)O)c3ccccc3-c3ccccc3)CC2)cc1. The number of nitrogens with one attached hydrogen (secondary N) is 1. The number of anilines is 2. The second-order valence-electron chi connectivity index (χ2n) is 16.6. The maximum absolute atomic E-state index is 13.3. The van der Waals surface area contributed by atoms with Gasteiger partial charge in [0.2, 0.25) is 5.91 Å². The Morgan fingerprint density at radius 1 is 0.810 bits per heavy atom. The molecule has 12 nitrogen and oxygen atoms in total. The van der Waals surface area contributed by atoms with Gasteiger partial charge in [0.05, 0.1) is 5.69 Å². The van der Waals surface area contributed by atoms with Crippen LogP contribution in [0, 0.1) is 0 Å². The summed E-state index contributed by atoms with van der Waals surface area (Å²) in [5, 5.41) is 13.7. The second kappa shape index (κ2) is 22.2. The molecule has 1 fully saturated rings. The molecule has 0 unspecified atom stereocenters. The average molecular weight is 799 g/mol. The van der Waals surface area contributed by atoms with Crippen molar-refractivity contribution in [2.75, 3.05) is 70.1 Å². The molecule has 12 heteroatoms. The molecule has 2 N–H and O–H groups in total. The van der Waals surface area contributed by atoms with E-state index in [2.05, 4.69) is 10.2 Å². The molecule has 1 aliphatic rings. The van der Waals surface area contributed by atoms with Crippen molar-refractivity contribution in [1.29, 1.82) is 0 Å². The fourth-order valence-corrected chi connectivity index (χ4v) is 7.22. The molecule has 0 atom stereocenters. The zero-order valence-corrected chi connectivity index (χ0v) is 35.8. The lowest BCUT2D eigenvalue weighted by atomic mass is 9.98. The van der Waals surface area contributed by atoms with E-state index in [1.807, 2.05) is 130 Å². The molecule has 4 amide bonds. The van der Waals surface area contributed by atoms with Gasteiger partial charge in [-0.15, -0.1) is 0 Å². The van der Waals surface area contributed by atoms with Gasteiger partial charge in [0.25, 0.3) is 5.91 Å². The molecule has 1 heterocycles. The van der Waals surface area contributed by atoms with Crippen molar-refractivity contribution in [2.45, 2.75) is 97.2 Å². The van der Waals surface area contributed by atoms with E-state index in [-0.39, 0.29) is 30.0 Å². The minimum atomic E-state index is -0.935. The largest absolute Gasteiger partial charge is 0.465 e. The first-order valence-corrected chi connectivity index (χ1v) is 20.9. The number of amides is 4. The highest BCUT2D eigenvalue weighted by Crippen LogP contribution is 2.34. The third-order valence-electron chi connectivity index (χ3n) is 10.6. The van der Waals surface area contributed by atoms with Crippen LogP contribution in [0.1, 0.15) is 89.9 Å². The molecule has 1 saturated heterocycles. The lowest BCUT2D eigenvalue weighted by Gasteiger charge is -2.38. The normalized spacial score (nSPS) is 13.5. The summed E-state index contributed by atoms with van der Waals surface area (Å²) in [5.74, 6) is 0.104. The van der Waals surface area contributed by atoms with E-state index in [1.165, 1.54) is 0 Å². The molecule has 0 spiro atoms. The van der Waals surface area contributed by atoms with E-state index < -0.39 is 11.7 Å². The molecule has 0 bridgehead atoms. The first kappa shape index (κ1) is 45.6. The van der Waals surface area contributed by atoms with Crippen molar-refractivity contribution in [2.24, 2.45) is 0 Å². The van der Waals surface area contributed by atoms with Crippen molar-refractivity contribution >= 4 is 35.4 Å². The molecule has 0 radical (unpaired) electrons. The molecule has 1 aliphatic heterocycles. The van der Waals surface area contributed by atoms with Crippen LogP contribution in [0.3, 0.4) is 0 Å². The van der Waals surface area contributed by atoms with Crippen molar-refractivity contribution in [1.82, 2.24) is 19.6 Å². The van der Waals surface area contributed by atoms with Gasteiger partial charge in [-0.1, -0.05) is 55.0 Å². The maximum atomic E-state index is 13.3. The number of likely N-dealkylation sites (N-methyl/N-ethyl adjacent to an activating group) is 1. The number of carboxylic acid groups (broad SMARTS) is 1. The van der Waals surface area contributed by atoms with Gasteiger partial charge in [-0.3, -0.25) is 14.5 Å². The van der Waals surface area contributed by atoms with Gasteiger partial charge in [0.15, 0.2) is 0 Å². The van der Waals surface area contributed by atoms with Gasteiger partial charge >= 0.3 is 12.2 Å². The molecular weight excluding hydrogens is 733 g/mol. The molecular formula is C46H66N6O6. The topological polar surface area (TPSA) is 126 Å². The van der Waals surface area contributed by atoms with Crippen LogP contribution >= 0.6 is 0 Å². The van der Waals surface area contributed by atoms with Crippen LogP contribution in [0.4, 0.5) is 21.0 Å². The molecule has 0 saturated carbocycles. The number of benzene rings is 3. The highest BCUT2D eigenvalue weighted by molar-refractivity contribution is 5.95. The van der Waals surface area contributed by atoms with Gasteiger partial charge in [-0.25, -0.2) is 9.59 Å². The summed E-state index contributed by atoms with van der Waals surface area (Å²) in [7, 11) is 3.57. The number of ether oxygens (including phenoxy) is 1. The Hall–Kier alpha value is -5.10. The second-order valence-corrected chi connectivity index (χ2v) is 16.6. The summed E-state index contributed by atoms with van der Waals surface area (Å²) >= 11 is 0. The van der Waals surface area contributed by atoms with E-state index >= 15 is 0 Å². The van der Waals surface area contributed by atoms with Crippen LogP contribution in [-0.2, 0) is 9.53 Å². The van der Waals surface area contributed by atoms with E-state index in [1.54, 1.807) is 16.8 Å². The van der Waals surface area contributed by atoms with Gasteiger partial charge in [-0.2, -0.15) is 0 Å². The number of rotatable bonds is 19. The smallest absolute Gasteiger partial charge is 0.412 e. The van der Waals surface area contributed by atoms with Crippen molar-refractivity contribution in [3.05, 3.63) is 84.4 Å². The monoisotopic (exact) mass is 799 g/mol. The zero-order chi connectivity index (χ0) is 42.2. The maximum Gasteiger partial charge on any atom is 0.412 e. The Balaban J connectivity index is 1.11. The molecule has 0 aliphatic carbocycles. The number of para-hydroxylation sites is 1. The van der Waals surface area contributed by atoms with E-state index in [9.17, 15) is 24.3 Å². The summed E-state index contributed by atoms with van der Waals surface area (Å²) in [6.45, 7) is 14.3. The van der Waals surface area contributed by atoms with Gasteiger partial charge in [0.1, 0.15) is 5.60 Å². The Kier molecular flexibility index (Phi) is 17.4. The Bertz CT molecular complexity index is 1750. The highest BCUT2D eigenvalue weighted by atomic mass is 16.6. The van der Waals surface area contributed by atoms with Crippen molar-refractivity contribution in [3.8, 4) is 11.1 Å². The third kappa shape index (κ3) is 14.1. The molecule has 4 rings (SSSR count). The zero-order valence-electron chi connectivity index (χ0n) is 35.8. The Morgan fingerprint density at radius 2 is 1.47 bits per heavy atom. The number of nitrogens with zero attached hydrogens (tertiary/aromatic N) is 5. The number of likely N-dealkylation sites (tertiary alicyclic amines) is 1. The average Bonchev–Trinajstić information content (AvgIpc) is 3.20. The third-order valence-corrected chi connectivity index (χ3v) is 10.6. The minimum absolute atomic E-state index is 0.0146. The van der Waals surface area contributed by atoms with Gasteiger partial charge < -0.3 is 34.8 Å². The number of hydrogen-bond acceptors (Lipinski definition) is 7. The summed E-state index contributed by atoms with van der Waals surface area (Å²) in [5.41, 5.74) is 3.63. The van der Waals surface area contributed by atoms with Crippen LogP contribution in [0.5, 0.6) is 0 Å². The Labute approximate surface area is 346 Å². The first-order chi connectivity index (χ1) is 27.6. The number of unbranched alkanes of at least 4 members (excludes halogenated alkanes) is 2. The number of carbonyl (C=O) groups is 4. The van der Waals surface area contributed by atoms with Crippen LogP contribution in [0.25, 0.3) is 11.1 Å². The predicted octanol–water partition coefficient (Wildman–Crippen LogP) is 8.54. The Morgan fingerprint density at radius 3 is 2.10 bits per heavy atom. The minimum Gasteiger partial charge on any atom is -0.465 e. The summed E-state index contributed by atoms with van der Waals surface area (Å²) in [6, 6.07) is 25.1. The molecule has 3 aromatic carbocycles. The molecule has 3 aromatic rings. The fraction of sp³-hybridized carbons (Fsp3) is 0.522. The van der Waals surface area contributed by atoms with Crippen LogP contribution < -0.4 is 10.2 Å². The van der Waals surface area contributed by atoms with E-state index in [4.69, 9.17) is 4.74 Å². The lowest BCUT2D eigenvalue weighted by molar-refractivity contribution is -0.130. The molecule has 58 heavy (non-hydrogen) atoms. The summed E-state index contributed by atoms with van der Waals surface area (Å²) in [6.07, 6.45) is 3.98. The van der Waals surface area contributed by atoms with Crippen LogP contribution in [0.15, 0.2) is 78.9 Å². The standard InChI is InChI=1S/C46H66N6O6/c1-35(2)51(30-16-29-49(7)45(57)58-46(3,4)5)43(54)37-22-24-38(25-23-37)47-28-15-9-12-21-42(53)48(6)33-34-50-31-26-39(27-32-50)52(44(55)56)41-20-14-13-19-40(41)36-17-10-8-11-18-36/h8,10-11,13-14,17-20,22-25,35,39,47H,9,12,15-16,21,26-34H2,1-7H3,(H,55,56). The van der Waals surface area contributed by atoms with Crippen molar-refractivity contribution < 1.29 is 29.0 Å². The van der Waals surface area contributed by atoms with E-state index in [0.717, 1.165) is 75.1 Å². The van der Waals surface area contributed by atoms with Gasteiger partial charge in [-0.05, 0) is 103 Å². The van der Waals surface area contributed by atoms with Crippen LogP contribution in [0.2, 0.25) is 0 Å². The van der Waals surface area contributed by atoms with Crippen molar-refractivity contribution in [3.63, 3.8) is 0 Å². The quantitative estimate of drug-likeness (QED) is 0.116. The molecule has 316 valence electrons. The van der Waals surface area contributed by atoms with Gasteiger partial charge in [0, 0.05) is 95.2 Å². The fourth-order valence-electron chi connectivity index (χ4n) is 7.22. The number of hydrogen-bond donors (Lipinski definition) is 2. The highest BCUT2D eigenvalue weighted by Gasteiger charge is 2.31. The number of piperidine rings is 1.